The molecule has 0 aliphatic carbocycles. The zero-order valence-corrected chi connectivity index (χ0v) is 13.8. The predicted molar refractivity (Wildman–Crippen MR) is 89.0 cm³/mol. The van der Waals surface area contributed by atoms with Crippen molar-refractivity contribution in [1.82, 2.24) is 5.32 Å². The molecule has 1 aromatic carbocycles. The number of fused-ring (bicyclic) bond motifs is 1. The van der Waals surface area contributed by atoms with E-state index in [4.69, 9.17) is 14.2 Å². The smallest absolute Gasteiger partial charge is 0.162 e. The average molecular weight is 321 g/mol. The van der Waals surface area contributed by atoms with E-state index >= 15 is 0 Å². The fourth-order valence-electron chi connectivity index (χ4n) is 2.94. The third-order valence-electron chi connectivity index (χ3n) is 4.10. The second-order valence-corrected chi connectivity index (χ2v) is 6.36. The highest BCUT2D eigenvalue weighted by atomic mass is 32.2. The maximum atomic E-state index is 5.74. The quantitative estimate of drug-likeness (QED) is 0.667. The Morgan fingerprint density at radius 3 is 2.77 bits per heavy atom. The number of hydrogen-bond acceptors (Lipinski definition) is 5. The summed E-state index contributed by atoms with van der Waals surface area (Å²) in [4.78, 5) is 1.23. The second-order valence-electron chi connectivity index (χ2n) is 5.51. The lowest BCUT2D eigenvalue weighted by Crippen LogP contribution is -2.43. The molecule has 2 heterocycles. The summed E-state index contributed by atoms with van der Waals surface area (Å²) in [5.41, 5.74) is 1.24. The molecule has 2 aliphatic heterocycles. The molecule has 5 heteroatoms. The predicted octanol–water partition coefficient (Wildman–Crippen LogP) is 3.00. The van der Waals surface area contributed by atoms with Gasteiger partial charge in [-0.1, -0.05) is 6.08 Å². The van der Waals surface area contributed by atoms with Crippen LogP contribution in [0.3, 0.4) is 0 Å². The monoisotopic (exact) mass is 321 g/mol. The third kappa shape index (κ3) is 3.42. The SMILES string of the molecule is C=C[C@@H]1OCCC[C@H]1NCc1cc2c(cc1SC)OCCO2. The van der Waals surface area contributed by atoms with Crippen molar-refractivity contribution >= 4 is 11.8 Å². The van der Waals surface area contributed by atoms with E-state index < -0.39 is 0 Å². The van der Waals surface area contributed by atoms with Crippen molar-refractivity contribution < 1.29 is 14.2 Å². The Balaban J connectivity index is 1.72. The first-order valence-electron chi connectivity index (χ1n) is 7.76. The van der Waals surface area contributed by atoms with Gasteiger partial charge in [-0.3, -0.25) is 0 Å². The van der Waals surface area contributed by atoms with Crippen LogP contribution in [0.25, 0.3) is 0 Å². The molecule has 0 bridgehead atoms. The average Bonchev–Trinajstić information content (AvgIpc) is 2.59. The zero-order chi connectivity index (χ0) is 15.4. The molecular formula is C17H23NO3S. The van der Waals surface area contributed by atoms with Crippen LogP contribution in [0.15, 0.2) is 29.7 Å². The van der Waals surface area contributed by atoms with Gasteiger partial charge in [0.15, 0.2) is 11.5 Å². The maximum absolute atomic E-state index is 5.74. The Hall–Kier alpha value is -1.17. The largest absolute Gasteiger partial charge is 0.486 e. The van der Waals surface area contributed by atoms with Crippen LogP contribution in [0.5, 0.6) is 11.5 Å². The fraction of sp³-hybridized carbons (Fsp3) is 0.529. The second kappa shape index (κ2) is 7.40. The van der Waals surface area contributed by atoms with Gasteiger partial charge in [0, 0.05) is 24.1 Å². The molecule has 3 rings (SSSR count). The van der Waals surface area contributed by atoms with Crippen molar-refractivity contribution in [3.05, 3.63) is 30.4 Å². The molecule has 1 aromatic rings. The molecule has 2 aliphatic rings. The number of nitrogens with one attached hydrogen (secondary N) is 1. The summed E-state index contributed by atoms with van der Waals surface area (Å²) in [6.45, 7) is 6.74. The van der Waals surface area contributed by atoms with Crippen LogP contribution in [0.1, 0.15) is 18.4 Å². The van der Waals surface area contributed by atoms with Crippen molar-refractivity contribution in [2.45, 2.75) is 36.4 Å². The van der Waals surface area contributed by atoms with Gasteiger partial charge in [0.25, 0.3) is 0 Å². The van der Waals surface area contributed by atoms with Gasteiger partial charge in [-0.05, 0) is 36.8 Å². The van der Waals surface area contributed by atoms with Crippen molar-refractivity contribution in [2.75, 3.05) is 26.1 Å². The van der Waals surface area contributed by atoms with Gasteiger partial charge >= 0.3 is 0 Å². The molecule has 4 nitrogen and oxygen atoms in total. The van der Waals surface area contributed by atoms with Crippen LogP contribution in [0.2, 0.25) is 0 Å². The number of benzene rings is 1. The molecule has 22 heavy (non-hydrogen) atoms. The summed E-state index contributed by atoms with van der Waals surface area (Å²) in [7, 11) is 0. The summed E-state index contributed by atoms with van der Waals surface area (Å²) < 4.78 is 17.1. The summed E-state index contributed by atoms with van der Waals surface area (Å²) >= 11 is 1.73. The van der Waals surface area contributed by atoms with Gasteiger partial charge in [-0.2, -0.15) is 0 Å². The van der Waals surface area contributed by atoms with Crippen LogP contribution < -0.4 is 14.8 Å². The van der Waals surface area contributed by atoms with E-state index in [9.17, 15) is 0 Å². The van der Waals surface area contributed by atoms with Crippen molar-refractivity contribution in [3.8, 4) is 11.5 Å². The maximum Gasteiger partial charge on any atom is 0.162 e. The van der Waals surface area contributed by atoms with E-state index in [0.29, 0.717) is 19.3 Å². The van der Waals surface area contributed by atoms with Gasteiger partial charge < -0.3 is 19.5 Å². The molecule has 0 saturated carbocycles. The number of rotatable bonds is 5. The van der Waals surface area contributed by atoms with Crippen LogP contribution in [-0.4, -0.2) is 38.2 Å². The summed E-state index contributed by atoms with van der Waals surface area (Å²) in [6.07, 6.45) is 6.30. The van der Waals surface area contributed by atoms with Crippen molar-refractivity contribution in [2.24, 2.45) is 0 Å². The molecular weight excluding hydrogens is 298 g/mol. The molecule has 1 fully saturated rings. The molecule has 0 amide bonds. The zero-order valence-electron chi connectivity index (χ0n) is 13.0. The molecule has 0 unspecified atom stereocenters. The summed E-state index contributed by atoms with van der Waals surface area (Å²) in [6, 6.07) is 4.51. The normalized spacial score (nSPS) is 24.0. The van der Waals surface area contributed by atoms with E-state index in [1.54, 1.807) is 11.8 Å². The lowest BCUT2D eigenvalue weighted by molar-refractivity contribution is 0.0203. The fourth-order valence-corrected chi connectivity index (χ4v) is 3.55. The van der Waals surface area contributed by atoms with Crippen LogP contribution in [-0.2, 0) is 11.3 Å². The minimum atomic E-state index is 0.101. The molecule has 0 radical (unpaired) electrons. The lowest BCUT2D eigenvalue weighted by Gasteiger charge is -2.31. The Labute approximate surface area is 136 Å². The topological polar surface area (TPSA) is 39.7 Å². The highest BCUT2D eigenvalue weighted by Gasteiger charge is 2.23. The number of ether oxygens (including phenoxy) is 3. The molecule has 1 N–H and O–H groups in total. The molecule has 120 valence electrons. The van der Waals surface area contributed by atoms with Crippen molar-refractivity contribution in [3.63, 3.8) is 0 Å². The van der Waals surface area contributed by atoms with Crippen LogP contribution in [0.4, 0.5) is 0 Å². The van der Waals surface area contributed by atoms with Crippen LogP contribution >= 0.6 is 11.8 Å². The Morgan fingerprint density at radius 2 is 2.05 bits per heavy atom. The van der Waals surface area contributed by atoms with Gasteiger partial charge in [-0.15, -0.1) is 18.3 Å². The lowest BCUT2D eigenvalue weighted by atomic mass is 10.0. The first kappa shape index (κ1) is 15.7. The third-order valence-corrected chi connectivity index (χ3v) is 4.92. The van der Waals surface area contributed by atoms with Gasteiger partial charge in [0.05, 0.1) is 6.10 Å². The summed E-state index contributed by atoms with van der Waals surface area (Å²) in [5, 5.41) is 3.61. The highest BCUT2D eigenvalue weighted by molar-refractivity contribution is 7.98. The minimum absolute atomic E-state index is 0.101. The Morgan fingerprint density at radius 1 is 1.27 bits per heavy atom. The first-order chi connectivity index (χ1) is 10.8. The Kier molecular flexibility index (Phi) is 5.28. The van der Waals surface area contributed by atoms with E-state index in [1.807, 2.05) is 6.08 Å². The van der Waals surface area contributed by atoms with E-state index in [1.165, 1.54) is 10.5 Å². The summed E-state index contributed by atoms with van der Waals surface area (Å²) in [5.74, 6) is 1.70. The minimum Gasteiger partial charge on any atom is -0.486 e. The van der Waals surface area contributed by atoms with E-state index in [2.05, 4.69) is 30.3 Å². The molecule has 0 aromatic heterocycles. The molecule has 1 saturated heterocycles. The molecule has 0 spiro atoms. The highest BCUT2D eigenvalue weighted by Crippen LogP contribution is 2.36. The molecule has 2 atom stereocenters. The first-order valence-corrected chi connectivity index (χ1v) is 8.98. The van der Waals surface area contributed by atoms with Crippen molar-refractivity contribution in [1.29, 1.82) is 0 Å². The van der Waals surface area contributed by atoms with Crippen LogP contribution in [0, 0.1) is 0 Å². The van der Waals surface area contributed by atoms with E-state index in [0.717, 1.165) is 37.5 Å². The Bertz CT molecular complexity index is 535. The van der Waals surface area contributed by atoms with Gasteiger partial charge in [-0.25, -0.2) is 0 Å². The van der Waals surface area contributed by atoms with Gasteiger partial charge in [0.1, 0.15) is 13.2 Å². The van der Waals surface area contributed by atoms with E-state index in [-0.39, 0.29) is 6.10 Å². The standard InChI is InChI=1S/C17H23NO3S/c1-3-14-13(5-4-6-19-14)18-11-12-9-15-16(10-17(12)22-2)21-8-7-20-15/h3,9-10,13-14,18H,1,4-8,11H2,2H3/t13-,14+/m1/s1. The van der Waals surface area contributed by atoms with Gasteiger partial charge in [0.2, 0.25) is 0 Å². The number of thioether (sulfide) groups is 1. The number of hydrogen-bond donors (Lipinski definition) is 1.